The standard InChI is InChI=1S/C17H22O3/c1-12-8-9-13-6-5-7-14(15(13)20-12)17(16(18)19)10-3-2-4-11-17/h5-7,12H,2-4,8-11H2,1H3,(H,18,19). The summed E-state index contributed by atoms with van der Waals surface area (Å²) in [5.41, 5.74) is 1.35. The molecule has 1 aliphatic heterocycles. The molecule has 0 bridgehead atoms. The lowest BCUT2D eigenvalue weighted by atomic mass is 9.68. The summed E-state index contributed by atoms with van der Waals surface area (Å²) in [6.07, 6.45) is 6.76. The van der Waals surface area contributed by atoms with Crippen molar-refractivity contribution in [1.82, 2.24) is 0 Å². The van der Waals surface area contributed by atoms with Crippen molar-refractivity contribution in [2.45, 2.75) is 63.4 Å². The lowest BCUT2D eigenvalue weighted by Gasteiger charge is -2.37. The summed E-state index contributed by atoms with van der Waals surface area (Å²) in [5.74, 6) is 0.169. The van der Waals surface area contributed by atoms with E-state index in [1.165, 1.54) is 5.56 Å². The Balaban J connectivity index is 2.10. The first kappa shape index (κ1) is 13.5. The summed E-state index contributed by atoms with van der Waals surface area (Å²) < 4.78 is 6.03. The molecule has 0 aromatic heterocycles. The molecule has 1 N–H and O–H groups in total. The molecule has 108 valence electrons. The molecule has 1 heterocycles. The average molecular weight is 274 g/mol. The van der Waals surface area contributed by atoms with Gasteiger partial charge in [-0.25, -0.2) is 0 Å². The molecule has 0 radical (unpaired) electrons. The van der Waals surface area contributed by atoms with E-state index in [9.17, 15) is 9.90 Å². The third-order valence-corrected chi connectivity index (χ3v) is 4.87. The van der Waals surface area contributed by atoms with Crippen molar-refractivity contribution < 1.29 is 14.6 Å². The first-order valence-corrected chi connectivity index (χ1v) is 7.66. The Bertz CT molecular complexity index is 515. The molecule has 0 spiro atoms. The fourth-order valence-corrected chi connectivity index (χ4v) is 3.67. The van der Waals surface area contributed by atoms with Crippen molar-refractivity contribution in [3.63, 3.8) is 0 Å². The number of aryl methyl sites for hydroxylation is 1. The molecule has 1 atom stereocenters. The second kappa shape index (κ2) is 5.12. The molecule has 3 rings (SSSR count). The van der Waals surface area contributed by atoms with Crippen LogP contribution in [0.1, 0.15) is 56.6 Å². The third-order valence-electron chi connectivity index (χ3n) is 4.87. The van der Waals surface area contributed by atoms with Crippen LogP contribution in [0.25, 0.3) is 0 Å². The number of carbonyl (C=O) groups is 1. The molecule has 1 aliphatic carbocycles. The SMILES string of the molecule is CC1CCc2cccc(C3(C(=O)O)CCCCC3)c2O1. The smallest absolute Gasteiger partial charge is 0.314 e. The fourth-order valence-electron chi connectivity index (χ4n) is 3.67. The van der Waals surface area contributed by atoms with Gasteiger partial charge >= 0.3 is 5.97 Å². The number of carboxylic acids is 1. The van der Waals surface area contributed by atoms with Crippen LogP contribution in [0.15, 0.2) is 18.2 Å². The van der Waals surface area contributed by atoms with Crippen LogP contribution in [0.2, 0.25) is 0 Å². The third kappa shape index (κ3) is 2.09. The van der Waals surface area contributed by atoms with Gasteiger partial charge in [0.25, 0.3) is 0 Å². The number of rotatable bonds is 2. The maximum Gasteiger partial charge on any atom is 0.314 e. The van der Waals surface area contributed by atoms with E-state index in [1.807, 2.05) is 12.1 Å². The number of benzene rings is 1. The molecule has 20 heavy (non-hydrogen) atoms. The van der Waals surface area contributed by atoms with Crippen LogP contribution in [0.3, 0.4) is 0 Å². The van der Waals surface area contributed by atoms with Crippen LogP contribution in [-0.4, -0.2) is 17.2 Å². The Morgan fingerprint density at radius 1 is 1.30 bits per heavy atom. The molecule has 0 saturated heterocycles. The Hall–Kier alpha value is -1.51. The maximum atomic E-state index is 12.0. The molecule has 3 heteroatoms. The van der Waals surface area contributed by atoms with E-state index in [1.54, 1.807) is 0 Å². The summed E-state index contributed by atoms with van der Waals surface area (Å²) >= 11 is 0. The number of aliphatic carboxylic acids is 1. The number of hydrogen-bond acceptors (Lipinski definition) is 2. The second-order valence-electron chi connectivity index (χ2n) is 6.21. The highest BCUT2D eigenvalue weighted by Crippen LogP contribution is 2.46. The Kier molecular flexibility index (Phi) is 3.45. The van der Waals surface area contributed by atoms with Crippen LogP contribution < -0.4 is 4.74 Å². The van der Waals surface area contributed by atoms with E-state index < -0.39 is 11.4 Å². The van der Waals surface area contributed by atoms with Crippen molar-refractivity contribution in [1.29, 1.82) is 0 Å². The van der Waals surface area contributed by atoms with Crippen molar-refractivity contribution in [2.24, 2.45) is 0 Å². The average Bonchev–Trinajstić information content (AvgIpc) is 2.47. The monoisotopic (exact) mass is 274 g/mol. The normalized spacial score (nSPS) is 24.6. The molecule has 0 amide bonds. The Labute approximate surface area is 120 Å². The molecule has 1 aromatic rings. The lowest BCUT2D eigenvalue weighted by Crippen LogP contribution is -2.39. The molecule has 1 unspecified atom stereocenters. The van der Waals surface area contributed by atoms with Crippen molar-refractivity contribution >= 4 is 5.97 Å². The first-order valence-electron chi connectivity index (χ1n) is 7.66. The van der Waals surface area contributed by atoms with Gasteiger partial charge in [-0.05, 0) is 38.2 Å². The summed E-state index contributed by atoms with van der Waals surface area (Å²) in [7, 11) is 0. The highest BCUT2D eigenvalue weighted by Gasteiger charge is 2.44. The minimum Gasteiger partial charge on any atom is -0.490 e. The Morgan fingerprint density at radius 2 is 2.05 bits per heavy atom. The zero-order valence-electron chi connectivity index (χ0n) is 12.0. The van der Waals surface area contributed by atoms with Gasteiger partial charge in [0.05, 0.1) is 11.5 Å². The summed E-state index contributed by atoms with van der Waals surface area (Å²) in [5, 5.41) is 9.85. The van der Waals surface area contributed by atoms with Gasteiger partial charge in [-0.2, -0.15) is 0 Å². The minimum atomic E-state index is -0.735. The summed E-state index contributed by atoms with van der Waals surface area (Å²) in [4.78, 5) is 12.0. The topological polar surface area (TPSA) is 46.5 Å². The maximum absolute atomic E-state index is 12.0. The number of para-hydroxylation sites is 1. The van der Waals surface area contributed by atoms with Gasteiger partial charge in [-0.1, -0.05) is 37.5 Å². The van der Waals surface area contributed by atoms with Crippen LogP contribution >= 0.6 is 0 Å². The number of carboxylic acid groups (broad SMARTS) is 1. The highest BCUT2D eigenvalue weighted by atomic mass is 16.5. The molecule has 2 aliphatic rings. The molecule has 1 fully saturated rings. The summed E-state index contributed by atoms with van der Waals surface area (Å²) in [6, 6.07) is 6.03. The van der Waals surface area contributed by atoms with Crippen molar-refractivity contribution in [2.75, 3.05) is 0 Å². The van der Waals surface area contributed by atoms with E-state index in [4.69, 9.17) is 4.74 Å². The fraction of sp³-hybridized carbons (Fsp3) is 0.588. The predicted octanol–water partition coefficient (Wildman–Crippen LogP) is 3.69. The van der Waals surface area contributed by atoms with Gasteiger partial charge in [0.15, 0.2) is 0 Å². The largest absolute Gasteiger partial charge is 0.490 e. The molecular formula is C17H22O3. The lowest BCUT2D eigenvalue weighted by molar-refractivity contribution is -0.145. The second-order valence-corrected chi connectivity index (χ2v) is 6.21. The number of hydrogen-bond donors (Lipinski definition) is 1. The van der Waals surface area contributed by atoms with Crippen LogP contribution in [0.4, 0.5) is 0 Å². The van der Waals surface area contributed by atoms with Crippen molar-refractivity contribution in [3.05, 3.63) is 29.3 Å². The van der Waals surface area contributed by atoms with Gasteiger partial charge < -0.3 is 9.84 Å². The van der Waals surface area contributed by atoms with E-state index in [0.29, 0.717) is 0 Å². The summed E-state index contributed by atoms with van der Waals surface area (Å²) in [6.45, 7) is 2.06. The number of fused-ring (bicyclic) bond motifs is 1. The number of ether oxygens (including phenoxy) is 1. The molecular weight excluding hydrogens is 252 g/mol. The van der Waals surface area contributed by atoms with Crippen LogP contribution in [0.5, 0.6) is 5.75 Å². The molecule has 1 saturated carbocycles. The molecule has 3 nitrogen and oxygen atoms in total. The van der Waals surface area contributed by atoms with E-state index in [2.05, 4.69) is 13.0 Å². The van der Waals surface area contributed by atoms with E-state index in [-0.39, 0.29) is 6.10 Å². The van der Waals surface area contributed by atoms with Gasteiger partial charge in [0.1, 0.15) is 5.75 Å². The van der Waals surface area contributed by atoms with Crippen LogP contribution in [0, 0.1) is 0 Å². The van der Waals surface area contributed by atoms with E-state index in [0.717, 1.165) is 56.3 Å². The zero-order valence-corrected chi connectivity index (χ0v) is 12.0. The van der Waals surface area contributed by atoms with Gasteiger partial charge in [0, 0.05) is 5.56 Å². The first-order chi connectivity index (χ1) is 9.63. The Morgan fingerprint density at radius 3 is 2.75 bits per heavy atom. The predicted molar refractivity (Wildman–Crippen MR) is 77.3 cm³/mol. The molecule has 1 aromatic carbocycles. The van der Waals surface area contributed by atoms with Gasteiger partial charge in [-0.3, -0.25) is 4.79 Å². The van der Waals surface area contributed by atoms with Crippen LogP contribution in [-0.2, 0) is 16.6 Å². The quantitative estimate of drug-likeness (QED) is 0.894. The van der Waals surface area contributed by atoms with Gasteiger partial charge in [0.2, 0.25) is 0 Å². The minimum absolute atomic E-state index is 0.179. The zero-order chi connectivity index (χ0) is 14.2. The van der Waals surface area contributed by atoms with Crippen molar-refractivity contribution in [3.8, 4) is 5.75 Å². The van der Waals surface area contributed by atoms with E-state index >= 15 is 0 Å². The van der Waals surface area contributed by atoms with Gasteiger partial charge in [-0.15, -0.1) is 0 Å². The highest BCUT2D eigenvalue weighted by molar-refractivity contribution is 5.83.